The van der Waals surface area contributed by atoms with E-state index in [-0.39, 0.29) is 12.3 Å². The van der Waals surface area contributed by atoms with E-state index < -0.39 is 36.1 Å². The highest BCUT2D eigenvalue weighted by Crippen LogP contribution is 2.45. The number of cyclic esters (lactones) is 1. The molecule has 0 bridgehead atoms. The third-order valence-corrected chi connectivity index (χ3v) is 2.70. The molecule has 0 aliphatic carbocycles. The Labute approximate surface area is 95.7 Å². The first-order valence-electron chi connectivity index (χ1n) is 5.13. The molecule has 0 spiro atoms. The normalized spacial score (nSPS) is 29.5. The molecule has 7 heteroatoms. The van der Waals surface area contributed by atoms with Crippen LogP contribution in [0.15, 0.2) is 0 Å². The number of carbonyl (C=O) groups is 2. The Hall–Kier alpha value is -1.27. The zero-order valence-corrected chi connectivity index (χ0v) is 9.37. The van der Waals surface area contributed by atoms with Gasteiger partial charge in [0.15, 0.2) is 0 Å². The quantitative estimate of drug-likeness (QED) is 0.782. The number of esters is 1. The summed E-state index contributed by atoms with van der Waals surface area (Å²) in [5.41, 5.74) is -3.37. The van der Waals surface area contributed by atoms with E-state index in [1.807, 2.05) is 0 Å². The maximum Gasteiger partial charge on any atom is 0.439 e. The molecule has 0 radical (unpaired) electrons. The largest absolute Gasteiger partial charge is 0.478 e. The molecular weight excluding hydrogens is 241 g/mol. The first-order valence-corrected chi connectivity index (χ1v) is 5.13. The van der Waals surface area contributed by atoms with Crippen molar-refractivity contribution in [1.29, 1.82) is 0 Å². The molecule has 2 unspecified atom stereocenters. The first-order chi connectivity index (χ1) is 7.60. The number of halogens is 3. The van der Waals surface area contributed by atoms with Crippen LogP contribution in [0.2, 0.25) is 0 Å². The molecule has 0 aromatic heterocycles. The third-order valence-electron chi connectivity index (χ3n) is 2.70. The van der Waals surface area contributed by atoms with Crippen LogP contribution in [0.3, 0.4) is 0 Å². The van der Waals surface area contributed by atoms with Crippen molar-refractivity contribution in [3.05, 3.63) is 0 Å². The predicted octanol–water partition coefficient (Wildman–Crippen LogP) is 1.98. The minimum atomic E-state index is -5.10. The summed E-state index contributed by atoms with van der Waals surface area (Å²) in [4.78, 5) is 22.0. The molecule has 98 valence electrons. The zero-order valence-electron chi connectivity index (χ0n) is 9.37. The summed E-state index contributed by atoms with van der Waals surface area (Å²) in [5, 5.41) is 8.67. The molecule has 1 N–H and O–H groups in total. The Bertz CT molecular complexity index is 337. The van der Waals surface area contributed by atoms with E-state index in [9.17, 15) is 22.8 Å². The van der Waals surface area contributed by atoms with E-state index in [1.54, 1.807) is 13.8 Å². The van der Waals surface area contributed by atoms with Gasteiger partial charge in [-0.25, -0.2) is 4.79 Å². The molecule has 17 heavy (non-hydrogen) atoms. The van der Waals surface area contributed by atoms with E-state index in [4.69, 9.17) is 5.11 Å². The lowest BCUT2D eigenvalue weighted by atomic mass is 9.88. The lowest BCUT2D eigenvalue weighted by Gasteiger charge is -2.25. The topological polar surface area (TPSA) is 63.6 Å². The molecule has 1 aliphatic rings. The van der Waals surface area contributed by atoms with Gasteiger partial charge in [-0.2, -0.15) is 13.2 Å². The third kappa shape index (κ3) is 2.37. The number of carboxylic acid groups (broad SMARTS) is 1. The average molecular weight is 254 g/mol. The van der Waals surface area contributed by atoms with Gasteiger partial charge in [-0.15, -0.1) is 0 Å². The van der Waals surface area contributed by atoms with Gasteiger partial charge in [0.05, 0.1) is 5.92 Å². The number of carbonyl (C=O) groups excluding carboxylic acids is 1. The molecular formula is C10H13F3O4. The van der Waals surface area contributed by atoms with Crippen molar-refractivity contribution >= 4 is 11.9 Å². The number of alkyl halides is 3. The highest BCUT2D eigenvalue weighted by atomic mass is 19.4. The Morgan fingerprint density at radius 3 is 2.41 bits per heavy atom. The van der Waals surface area contributed by atoms with E-state index in [2.05, 4.69) is 4.74 Å². The number of rotatable bonds is 3. The van der Waals surface area contributed by atoms with Crippen LogP contribution in [0.5, 0.6) is 0 Å². The Morgan fingerprint density at radius 1 is 1.59 bits per heavy atom. The van der Waals surface area contributed by atoms with Gasteiger partial charge in [0.1, 0.15) is 0 Å². The molecule has 0 aromatic rings. The fourth-order valence-electron chi connectivity index (χ4n) is 1.90. The van der Waals surface area contributed by atoms with E-state index in [0.29, 0.717) is 0 Å². The number of carboxylic acids is 1. The van der Waals surface area contributed by atoms with E-state index >= 15 is 0 Å². The van der Waals surface area contributed by atoms with Crippen LogP contribution < -0.4 is 0 Å². The Balaban J connectivity index is 2.99. The number of hydrogen-bond donors (Lipinski definition) is 1. The average Bonchev–Trinajstić information content (AvgIpc) is 2.42. The molecule has 2 atom stereocenters. The molecule has 1 heterocycles. The standard InChI is InChI=1S/C10H13F3O4/c1-5(2)3-6-4-9(8(15)16,10(11,12)13)17-7(6)14/h5-6H,3-4H2,1-2H3,(H,15,16). The predicted molar refractivity (Wildman–Crippen MR) is 50.1 cm³/mol. The molecule has 0 saturated carbocycles. The second kappa shape index (κ2) is 4.19. The van der Waals surface area contributed by atoms with Gasteiger partial charge in [0.25, 0.3) is 0 Å². The summed E-state index contributed by atoms with van der Waals surface area (Å²) in [6, 6.07) is 0. The Morgan fingerprint density at radius 2 is 2.12 bits per heavy atom. The van der Waals surface area contributed by atoms with Crippen LogP contribution >= 0.6 is 0 Å². The SMILES string of the molecule is CC(C)CC1CC(C(=O)O)(C(F)(F)F)OC1=O. The fourth-order valence-corrected chi connectivity index (χ4v) is 1.90. The summed E-state index contributed by atoms with van der Waals surface area (Å²) in [7, 11) is 0. The van der Waals surface area contributed by atoms with Gasteiger partial charge in [0.2, 0.25) is 0 Å². The van der Waals surface area contributed by atoms with Crippen LogP contribution in [-0.4, -0.2) is 28.8 Å². The van der Waals surface area contributed by atoms with Crippen LogP contribution in [0.4, 0.5) is 13.2 Å². The van der Waals surface area contributed by atoms with Gasteiger partial charge < -0.3 is 9.84 Å². The molecule has 0 amide bonds. The van der Waals surface area contributed by atoms with Crippen molar-refractivity contribution in [3.63, 3.8) is 0 Å². The highest BCUT2D eigenvalue weighted by molar-refractivity contribution is 5.87. The minimum Gasteiger partial charge on any atom is -0.478 e. The summed E-state index contributed by atoms with van der Waals surface area (Å²) < 4.78 is 42.2. The summed E-state index contributed by atoms with van der Waals surface area (Å²) >= 11 is 0. The smallest absolute Gasteiger partial charge is 0.439 e. The van der Waals surface area contributed by atoms with Gasteiger partial charge >= 0.3 is 23.7 Å². The number of aliphatic carboxylic acids is 1. The van der Waals surface area contributed by atoms with E-state index in [0.717, 1.165) is 0 Å². The Kier molecular flexibility index (Phi) is 3.40. The van der Waals surface area contributed by atoms with Crippen molar-refractivity contribution in [2.75, 3.05) is 0 Å². The monoisotopic (exact) mass is 254 g/mol. The maximum absolute atomic E-state index is 12.7. The van der Waals surface area contributed by atoms with Crippen LogP contribution in [0.25, 0.3) is 0 Å². The van der Waals surface area contributed by atoms with Crippen LogP contribution in [0.1, 0.15) is 26.7 Å². The van der Waals surface area contributed by atoms with Gasteiger partial charge in [-0.1, -0.05) is 13.8 Å². The summed E-state index contributed by atoms with van der Waals surface area (Å²) in [6.07, 6.45) is -5.76. The molecule has 1 rings (SSSR count). The van der Waals surface area contributed by atoms with Crippen LogP contribution in [-0.2, 0) is 14.3 Å². The van der Waals surface area contributed by atoms with Crippen molar-refractivity contribution in [2.24, 2.45) is 11.8 Å². The van der Waals surface area contributed by atoms with Gasteiger partial charge in [0, 0.05) is 6.42 Å². The van der Waals surface area contributed by atoms with Gasteiger partial charge in [-0.05, 0) is 12.3 Å². The summed E-state index contributed by atoms with van der Waals surface area (Å²) in [6.45, 7) is 3.48. The van der Waals surface area contributed by atoms with Crippen molar-refractivity contribution < 1.29 is 32.6 Å². The maximum atomic E-state index is 12.7. The number of ether oxygens (including phenoxy) is 1. The van der Waals surface area contributed by atoms with E-state index in [1.165, 1.54) is 0 Å². The molecule has 1 saturated heterocycles. The molecule has 1 aliphatic heterocycles. The summed E-state index contributed by atoms with van der Waals surface area (Å²) in [5.74, 6) is -4.26. The highest BCUT2D eigenvalue weighted by Gasteiger charge is 2.69. The molecule has 1 fully saturated rings. The second-order valence-electron chi connectivity index (χ2n) is 4.58. The van der Waals surface area contributed by atoms with Crippen LogP contribution in [0, 0.1) is 11.8 Å². The van der Waals surface area contributed by atoms with Crippen molar-refractivity contribution in [1.82, 2.24) is 0 Å². The minimum absolute atomic E-state index is 0.00891. The second-order valence-corrected chi connectivity index (χ2v) is 4.58. The van der Waals surface area contributed by atoms with Crippen molar-refractivity contribution in [3.8, 4) is 0 Å². The fraction of sp³-hybridized carbons (Fsp3) is 0.800. The molecule has 0 aromatic carbocycles. The van der Waals surface area contributed by atoms with Crippen molar-refractivity contribution in [2.45, 2.75) is 38.5 Å². The zero-order chi connectivity index (χ0) is 13.4. The van der Waals surface area contributed by atoms with Gasteiger partial charge in [-0.3, -0.25) is 4.79 Å². The first kappa shape index (κ1) is 13.8. The number of hydrogen-bond acceptors (Lipinski definition) is 3. The molecule has 4 nitrogen and oxygen atoms in total. The lowest BCUT2D eigenvalue weighted by molar-refractivity contribution is -0.258. The lowest BCUT2D eigenvalue weighted by Crippen LogP contribution is -2.51.